The molecule has 0 aliphatic heterocycles. The number of carbonyl (C=O) groups is 1. The SMILES string of the molecule is CCCCCCn1c(N)nc2cc(NC(=O)c3ccc(CCCCC)cc3)ccc21. The number of rotatable bonds is 11. The quantitative estimate of drug-likeness (QED) is 0.373. The lowest BCUT2D eigenvalue weighted by Gasteiger charge is -2.08. The van der Waals surface area contributed by atoms with Gasteiger partial charge in [0, 0.05) is 17.8 Å². The van der Waals surface area contributed by atoms with Crippen LogP contribution in [0.5, 0.6) is 0 Å². The smallest absolute Gasteiger partial charge is 0.255 e. The Labute approximate surface area is 179 Å². The number of aromatic nitrogens is 2. The molecule has 0 saturated carbocycles. The van der Waals surface area contributed by atoms with Gasteiger partial charge in [0.1, 0.15) is 0 Å². The third kappa shape index (κ3) is 5.62. The number of unbranched alkanes of at least 4 members (excludes halogenated alkanes) is 5. The molecule has 5 nitrogen and oxygen atoms in total. The lowest BCUT2D eigenvalue weighted by atomic mass is 10.1. The number of anilines is 2. The van der Waals surface area contributed by atoms with Gasteiger partial charge in [0.2, 0.25) is 5.95 Å². The Morgan fingerprint density at radius 3 is 2.43 bits per heavy atom. The van der Waals surface area contributed by atoms with E-state index in [1.807, 2.05) is 30.3 Å². The van der Waals surface area contributed by atoms with Crippen LogP contribution >= 0.6 is 0 Å². The minimum absolute atomic E-state index is 0.110. The Bertz CT molecular complexity index is 959. The van der Waals surface area contributed by atoms with E-state index in [9.17, 15) is 4.79 Å². The molecule has 0 saturated heterocycles. The van der Waals surface area contributed by atoms with Crippen molar-refractivity contribution in [2.75, 3.05) is 11.1 Å². The molecule has 3 rings (SSSR count). The van der Waals surface area contributed by atoms with Crippen LogP contribution in [0.3, 0.4) is 0 Å². The molecule has 0 spiro atoms. The molecule has 0 fully saturated rings. The summed E-state index contributed by atoms with van der Waals surface area (Å²) in [4.78, 5) is 17.1. The number of carbonyl (C=O) groups excluding carboxylic acids is 1. The van der Waals surface area contributed by atoms with E-state index >= 15 is 0 Å². The fourth-order valence-electron chi connectivity index (χ4n) is 3.76. The van der Waals surface area contributed by atoms with Gasteiger partial charge in [0.25, 0.3) is 5.91 Å². The molecule has 0 radical (unpaired) electrons. The number of benzene rings is 2. The molecule has 1 heterocycles. The van der Waals surface area contributed by atoms with Crippen molar-refractivity contribution >= 4 is 28.6 Å². The van der Waals surface area contributed by atoms with Crippen molar-refractivity contribution in [1.29, 1.82) is 0 Å². The van der Waals surface area contributed by atoms with Gasteiger partial charge in [-0.1, -0.05) is 58.1 Å². The molecule has 5 heteroatoms. The number of nitrogens with two attached hydrogens (primary N) is 1. The van der Waals surface area contributed by atoms with E-state index in [4.69, 9.17) is 5.73 Å². The van der Waals surface area contributed by atoms with Gasteiger partial charge in [-0.15, -0.1) is 0 Å². The molecule has 160 valence electrons. The van der Waals surface area contributed by atoms with Crippen LogP contribution in [0.25, 0.3) is 11.0 Å². The van der Waals surface area contributed by atoms with Crippen LogP contribution in [0.2, 0.25) is 0 Å². The molecule has 0 bridgehead atoms. The van der Waals surface area contributed by atoms with Crippen LogP contribution in [0, 0.1) is 0 Å². The lowest BCUT2D eigenvalue weighted by Crippen LogP contribution is -2.11. The third-order valence-electron chi connectivity index (χ3n) is 5.56. The normalized spacial score (nSPS) is 11.1. The highest BCUT2D eigenvalue weighted by atomic mass is 16.1. The van der Waals surface area contributed by atoms with E-state index in [2.05, 4.69) is 40.8 Å². The summed E-state index contributed by atoms with van der Waals surface area (Å²) in [6, 6.07) is 13.7. The van der Waals surface area contributed by atoms with Crippen LogP contribution in [-0.2, 0) is 13.0 Å². The van der Waals surface area contributed by atoms with Gasteiger partial charge in [0.05, 0.1) is 11.0 Å². The minimum Gasteiger partial charge on any atom is -0.369 e. The largest absolute Gasteiger partial charge is 0.369 e. The lowest BCUT2D eigenvalue weighted by molar-refractivity contribution is 0.102. The van der Waals surface area contributed by atoms with E-state index in [-0.39, 0.29) is 5.91 Å². The topological polar surface area (TPSA) is 72.9 Å². The summed E-state index contributed by atoms with van der Waals surface area (Å²) in [5.74, 6) is 0.421. The predicted octanol–water partition coefficient (Wildman–Crippen LogP) is 6.18. The van der Waals surface area contributed by atoms with Crippen LogP contribution < -0.4 is 11.1 Å². The second kappa shape index (κ2) is 10.8. The molecule has 1 aromatic heterocycles. The molecule has 0 aliphatic carbocycles. The van der Waals surface area contributed by atoms with Crippen molar-refractivity contribution in [1.82, 2.24) is 9.55 Å². The van der Waals surface area contributed by atoms with Crippen LogP contribution in [0.15, 0.2) is 42.5 Å². The van der Waals surface area contributed by atoms with Crippen LogP contribution in [0.4, 0.5) is 11.6 Å². The zero-order chi connectivity index (χ0) is 21.3. The second-order valence-corrected chi connectivity index (χ2v) is 7.99. The third-order valence-corrected chi connectivity index (χ3v) is 5.56. The summed E-state index contributed by atoms with van der Waals surface area (Å²) < 4.78 is 2.06. The average molecular weight is 407 g/mol. The van der Waals surface area contributed by atoms with Crippen molar-refractivity contribution in [2.24, 2.45) is 0 Å². The first-order chi connectivity index (χ1) is 14.6. The first kappa shape index (κ1) is 21.9. The maximum Gasteiger partial charge on any atom is 0.255 e. The van der Waals surface area contributed by atoms with Crippen LogP contribution in [0.1, 0.15) is 74.7 Å². The molecule has 30 heavy (non-hydrogen) atoms. The number of fused-ring (bicyclic) bond motifs is 1. The van der Waals surface area contributed by atoms with Gasteiger partial charge in [-0.2, -0.15) is 0 Å². The molecule has 3 N–H and O–H groups in total. The number of hydrogen-bond donors (Lipinski definition) is 2. The second-order valence-electron chi connectivity index (χ2n) is 7.99. The molecule has 0 unspecified atom stereocenters. The van der Waals surface area contributed by atoms with Gasteiger partial charge in [0.15, 0.2) is 0 Å². The number of hydrogen-bond acceptors (Lipinski definition) is 3. The monoisotopic (exact) mass is 406 g/mol. The molecule has 3 aromatic rings. The Hall–Kier alpha value is -2.82. The van der Waals surface area contributed by atoms with E-state index < -0.39 is 0 Å². The van der Waals surface area contributed by atoms with Gasteiger partial charge in [-0.3, -0.25) is 4.79 Å². The highest BCUT2D eigenvalue weighted by molar-refractivity contribution is 6.05. The number of amides is 1. The first-order valence-electron chi connectivity index (χ1n) is 11.3. The summed E-state index contributed by atoms with van der Waals surface area (Å²) in [5, 5.41) is 2.98. The first-order valence-corrected chi connectivity index (χ1v) is 11.3. The maximum absolute atomic E-state index is 12.6. The number of imidazole rings is 1. The minimum atomic E-state index is -0.110. The predicted molar refractivity (Wildman–Crippen MR) is 126 cm³/mol. The summed E-state index contributed by atoms with van der Waals surface area (Å²) in [7, 11) is 0. The zero-order valence-electron chi connectivity index (χ0n) is 18.3. The van der Waals surface area contributed by atoms with Gasteiger partial charge in [-0.05, 0) is 55.2 Å². The number of nitrogens with zero attached hydrogens (tertiary/aromatic N) is 2. The molecule has 1 amide bonds. The van der Waals surface area contributed by atoms with Crippen molar-refractivity contribution < 1.29 is 4.79 Å². The van der Waals surface area contributed by atoms with Gasteiger partial charge in [-0.25, -0.2) is 4.98 Å². The molecule has 0 aliphatic rings. The van der Waals surface area contributed by atoms with E-state index in [0.717, 1.165) is 36.1 Å². The highest BCUT2D eigenvalue weighted by Gasteiger charge is 2.11. The van der Waals surface area contributed by atoms with Crippen LogP contribution in [-0.4, -0.2) is 15.5 Å². The van der Waals surface area contributed by atoms with Gasteiger partial charge >= 0.3 is 0 Å². The van der Waals surface area contributed by atoms with Crippen molar-refractivity contribution in [3.05, 3.63) is 53.6 Å². The Balaban J connectivity index is 1.64. The summed E-state index contributed by atoms with van der Waals surface area (Å²) in [6.45, 7) is 5.29. The van der Waals surface area contributed by atoms with E-state index in [1.54, 1.807) is 0 Å². The summed E-state index contributed by atoms with van der Waals surface area (Å²) in [5.41, 5.74) is 10.6. The standard InChI is InChI=1S/C25H34N4O/c1-3-5-7-9-17-29-23-16-15-21(18-22(23)28-25(29)26)27-24(30)20-13-11-19(12-14-20)10-8-6-4-2/h11-16,18H,3-10,17H2,1-2H3,(H2,26,28)(H,27,30). The maximum atomic E-state index is 12.6. The highest BCUT2D eigenvalue weighted by Crippen LogP contribution is 2.23. The van der Waals surface area contributed by atoms with Gasteiger partial charge < -0.3 is 15.6 Å². The summed E-state index contributed by atoms with van der Waals surface area (Å²) >= 11 is 0. The molecular weight excluding hydrogens is 372 g/mol. The molecule has 0 atom stereocenters. The average Bonchev–Trinajstić information content (AvgIpc) is 3.06. The molecular formula is C25H34N4O. The Morgan fingerprint density at radius 2 is 1.70 bits per heavy atom. The summed E-state index contributed by atoms with van der Waals surface area (Å²) in [6.07, 6.45) is 9.45. The van der Waals surface area contributed by atoms with Crippen molar-refractivity contribution in [2.45, 2.75) is 71.8 Å². The number of nitrogen functional groups attached to an aromatic ring is 1. The number of nitrogens with one attached hydrogen (secondary N) is 1. The Morgan fingerprint density at radius 1 is 0.967 bits per heavy atom. The van der Waals surface area contributed by atoms with Crippen molar-refractivity contribution in [3.63, 3.8) is 0 Å². The fourth-order valence-corrected chi connectivity index (χ4v) is 3.76. The van der Waals surface area contributed by atoms with E-state index in [0.29, 0.717) is 11.5 Å². The zero-order valence-corrected chi connectivity index (χ0v) is 18.3. The fraction of sp³-hybridized carbons (Fsp3) is 0.440. The van der Waals surface area contributed by atoms with Crippen molar-refractivity contribution in [3.8, 4) is 0 Å². The number of aryl methyl sites for hydroxylation is 2. The van der Waals surface area contributed by atoms with E-state index in [1.165, 1.54) is 44.1 Å². The molecule has 2 aromatic carbocycles. The Kier molecular flexibility index (Phi) is 7.89.